The molecule has 0 spiro atoms. The summed E-state index contributed by atoms with van der Waals surface area (Å²) < 4.78 is 0. The Bertz CT molecular complexity index is 898. The van der Waals surface area contributed by atoms with Crippen LogP contribution >= 0.6 is 0 Å². The van der Waals surface area contributed by atoms with Crippen molar-refractivity contribution in [3.8, 4) is 0 Å². The maximum absolute atomic E-state index is 4.33. The summed E-state index contributed by atoms with van der Waals surface area (Å²) in [7, 11) is 0. The molecule has 1 aliphatic heterocycles. The number of anilines is 1. The van der Waals surface area contributed by atoms with Gasteiger partial charge in [-0.2, -0.15) is 0 Å². The van der Waals surface area contributed by atoms with Crippen LogP contribution < -0.4 is 5.32 Å². The van der Waals surface area contributed by atoms with Gasteiger partial charge in [0.25, 0.3) is 0 Å². The summed E-state index contributed by atoms with van der Waals surface area (Å²) in [5.74, 6) is 1.08. The largest absolute Gasteiger partial charge is 0.377 e. The molecule has 2 heterocycles. The van der Waals surface area contributed by atoms with Crippen molar-refractivity contribution in [2.24, 2.45) is 5.92 Å². The van der Waals surface area contributed by atoms with E-state index in [0.717, 1.165) is 6.42 Å². The highest BCUT2D eigenvalue weighted by atomic mass is 15.0. The minimum atomic E-state index is 0.321. The Kier molecular flexibility index (Phi) is 2.77. The van der Waals surface area contributed by atoms with Crippen molar-refractivity contribution in [1.82, 2.24) is 4.98 Å². The Balaban J connectivity index is 1.72. The fraction of sp³-hybridized carbons (Fsp3) is 0.190. The molecule has 0 saturated carbocycles. The minimum absolute atomic E-state index is 0.321. The zero-order chi connectivity index (χ0) is 15.2. The molecule has 1 aromatic heterocycles. The van der Waals surface area contributed by atoms with E-state index in [1.54, 1.807) is 0 Å². The van der Waals surface area contributed by atoms with E-state index >= 15 is 0 Å². The lowest BCUT2D eigenvalue weighted by Crippen LogP contribution is -2.29. The van der Waals surface area contributed by atoms with Crippen LogP contribution in [0.2, 0.25) is 0 Å². The summed E-state index contributed by atoms with van der Waals surface area (Å²) in [4.78, 5) is 4.33. The van der Waals surface area contributed by atoms with Crippen molar-refractivity contribution < 1.29 is 0 Å². The van der Waals surface area contributed by atoms with E-state index in [4.69, 9.17) is 0 Å². The smallest absolute Gasteiger partial charge is 0.0569 e. The first kappa shape index (κ1) is 12.9. The second-order valence-corrected chi connectivity index (χ2v) is 6.51. The van der Waals surface area contributed by atoms with Crippen molar-refractivity contribution in [1.29, 1.82) is 0 Å². The Morgan fingerprint density at radius 2 is 1.96 bits per heavy atom. The summed E-state index contributed by atoms with van der Waals surface area (Å²) >= 11 is 0. The van der Waals surface area contributed by atoms with E-state index in [1.807, 2.05) is 18.5 Å². The lowest BCUT2D eigenvalue weighted by molar-refractivity contribution is 0.425. The molecule has 3 atom stereocenters. The molecule has 5 rings (SSSR count). The van der Waals surface area contributed by atoms with Crippen molar-refractivity contribution >= 4 is 16.5 Å². The summed E-state index contributed by atoms with van der Waals surface area (Å²) in [6, 6.07) is 17.7. The number of aromatic nitrogens is 1. The molecule has 1 N–H and O–H groups in total. The van der Waals surface area contributed by atoms with E-state index < -0.39 is 0 Å². The van der Waals surface area contributed by atoms with Gasteiger partial charge in [0.15, 0.2) is 0 Å². The zero-order valence-corrected chi connectivity index (χ0v) is 12.8. The van der Waals surface area contributed by atoms with E-state index in [2.05, 4.69) is 64.9 Å². The van der Waals surface area contributed by atoms with Gasteiger partial charge < -0.3 is 5.32 Å². The highest BCUT2D eigenvalue weighted by Gasteiger charge is 2.38. The van der Waals surface area contributed by atoms with Crippen molar-refractivity contribution in [3.63, 3.8) is 0 Å². The maximum atomic E-state index is 4.33. The molecular formula is C21H18N2. The number of nitrogens with one attached hydrogen (secondary N) is 1. The van der Waals surface area contributed by atoms with Gasteiger partial charge in [-0.3, -0.25) is 4.98 Å². The zero-order valence-electron chi connectivity index (χ0n) is 12.8. The Morgan fingerprint density at radius 1 is 1.00 bits per heavy atom. The van der Waals surface area contributed by atoms with Gasteiger partial charge in [-0.05, 0) is 34.9 Å². The number of pyridine rings is 1. The monoisotopic (exact) mass is 298 g/mol. The number of hydrogen-bond acceptors (Lipinski definition) is 2. The van der Waals surface area contributed by atoms with Gasteiger partial charge in [-0.15, -0.1) is 0 Å². The van der Waals surface area contributed by atoms with Crippen LogP contribution in [0.1, 0.15) is 29.5 Å². The normalized spacial score (nSPS) is 25.0. The molecule has 0 radical (unpaired) electrons. The molecule has 0 saturated heterocycles. The van der Waals surface area contributed by atoms with E-state index in [0.29, 0.717) is 17.9 Å². The summed E-state index contributed by atoms with van der Waals surface area (Å²) in [5, 5.41) is 6.46. The molecule has 0 amide bonds. The van der Waals surface area contributed by atoms with Crippen LogP contribution in [0, 0.1) is 5.92 Å². The van der Waals surface area contributed by atoms with Gasteiger partial charge in [0.2, 0.25) is 0 Å². The number of rotatable bonds is 1. The highest BCUT2D eigenvalue weighted by molar-refractivity contribution is 5.96. The number of allylic oxidation sites excluding steroid dienone is 2. The molecule has 2 aliphatic rings. The minimum Gasteiger partial charge on any atom is -0.377 e. The van der Waals surface area contributed by atoms with Crippen LogP contribution in [0.15, 0.2) is 73.1 Å². The standard InChI is InChI=1S/C21H18N2/c1-2-7-16-14(5-1)10-11-19-17-8-3-9-18(17)20(23-21(16)19)15-6-4-12-22-13-15/h1-8,10-13,17-18,20,23H,9H2/t17-,18+,20+/m1/s1. The fourth-order valence-corrected chi connectivity index (χ4v) is 4.23. The van der Waals surface area contributed by atoms with Crippen molar-refractivity contribution in [2.75, 3.05) is 5.32 Å². The average Bonchev–Trinajstić information content (AvgIpc) is 3.11. The first-order valence-corrected chi connectivity index (χ1v) is 8.26. The first-order chi connectivity index (χ1) is 11.4. The quantitative estimate of drug-likeness (QED) is 0.635. The molecule has 2 heteroatoms. The lowest BCUT2D eigenvalue weighted by atomic mass is 9.76. The number of nitrogens with zero attached hydrogens (tertiary/aromatic N) is 1. The van der Waals surface area contributed by atoms with Gasteiger partial charge in [-0.25, -0.2) is 0 Å². The van der Waals surface area contributed by atoms with Gasteiger partial charge in [0.05, 0.1) is 6.04 Å². The van der Waals surface area contributed by atoms with Crippen LogP contribution in [0.25, 0.3) is 10.8 Å². The molecule has 1 aliphatic carbocycles. The van der Waals surface area contributed by atoms with Gasteiger partial charge in [0.1, 0.15) is 0 Å². The third-order valence-electron chi connectivity index (χ3n) is 5.30. The van der Waals surface area contributed by atoms with Crippen LogP contribution in [0.4, 0.5) is 5.69 Å². The maximum Gasteiger partial charge on any atom is 0.0569 e. The second-order valence-electron chi connectivity index (χ2n) is 6.51. The van der Waals surface area contributed by atoms with Gasteiger partial charge in [-0.1, -0.05) is 54.6 Å². The van der Waals surface area contributed by atoms with Crippen molar-refractivity contribution in [3.05, 3.63) is 84.2 Å². The predicted molar refractivity (Wildman–Crippen MR) is 94.5 cm³/mol. The Labute approximate surface area is 135 Å². The molecule has 2 aromatic carbocycles. The van der Waals surface area contributed by atoms with Gasteiger partial charge >= 0.3 is 0 Å². The molecule has 0 bridgehead atoms. The number of benzene rings is 2. The summed E-state index contributed by atoms with van der Waals surface area (Å²) in [6.07, 6.45) is 9.71. The number of hydrogen-bond donors (Lipinski definition) is 1. The molecule has 0 fully saturated rings. The fourth-order valence-electron chi connectivity index (χ4n) is 4.23. The molecule has 23 heavy (non-hydrogen) atoms. The van der Waals surface area contributed by atoms with Crippen LogP contribution in [0.3, 0.4) is 0 Å². The van der Waals surface area contributed by atoms with Gasteiger partial charge in [0, 0.05) is 29.4 Å². The predicted octanol–water partition coefficient (Wildman–Crippen LogP) is 5.06. The topological polar surface area (TPSA) is 24.9 Å². The molecule has 0 unspecified atom stereocenters. The Hall–Kier alpha value is -2.61. The molecule has 2 nitrogen and oxygen atoms in total. The van der Waals surface area contributed by atoms with E-state index in [1.165, 1.54) is 27.6 Å². The molecular weight excluding hydrogens is 280 g/mol. The molecule has 3 aromatic rings. The van der Waals surface area contributed by atoms with E-state index in [-0.39, 0.29) is 0 Å². The lowest BCUT2D eigenvalue weighted by Gasteiger charge is -2.38. The summed E-state index contributed by atoms with van der Waals surface area (Å²) in [5.41, 5.74) is 4.01. The van der Waals surface area contributed by atoms with Crippen molar-refractivity contribution in [2.45, 2.75) is 18.4 Å². The third-order valence-corrected chi connectivity index (χ3v) is 5.30. The highest BCUT2D eigenvalue weighted by Crippen LogP contribution is 2.51. The van der Waals surface area contributed by atoms with Crippen LogP contribution in [0.5, 0.6) is 0 Å². The number of fused-ring (bicyclic) bond motifs is 5. The third kappa shape index (κ3) is 1.91. The van der Waals surface area contributed by atoms with Crippen LogP contribution in [-0.4, -0.2) is 4.98 Å². The van der Waals surface area contributed by atoms with Crippen LogP contribution in [-0.2, 0) is 0 Å². The van der Waals surface area contributed by atoms with E-state index in [9.17, 15) is 0 Å². The SMILES string of the molecule is C1=C[C@H]2c3ccc4ccccc4c3N[C@@H](c3cccnc3)[C@H]2C1. The molecule has 112 valence electrons. The summed E-state index contributed by atoms with van der Waals surface area (Å²) in [6.45, 7) is 0. The Morgan fingerprint density at radius 3 is 2.87 bits per heavy atom. The second kappa shape index (κ2) is 4.95. The average molecular weight is 298 g/mol. The first-order valence-electron chi connectivity index (χ1n) is 8.26.